The number of hydrogen-bond donors (Lipinski definition) is 1. The van der Waals surface area contributed by atoms with Crippen molar-refractivity contribution in [1.82, 2.24) is 10.3 Å². The smallest absolute Gasteiger partial charge is 0.147 e. The summed E-state index contributed by atoms with van der Waals surface area (Å²) in [6, 6.07) is 2.07. The topological polar surface area (TPSA) is 28.2 Å². The Kier molecular flexibility index (Phi) is 4.70. The number of aromatic nitrogens is 1. The number of halogens is 1. The first-order valence-electron chi connectivity index (χ1n) is 8.23. The molecule has 2 fully saturated rings. The lowest BCUT2D eigenvalue weighted by Gasteiger charge is -2.20. The summed E-state index contributed by atoms with van der Waals surface area (Å²) >= 11 is 6.48. The third-order valence-corrected chi connectivity index (χ3v) is 5.06. The molecule has 0 bridgehead atoms. The van der Waals surface area contributed by atoms with Crippen LogP contribution >= 0.6 is 11.6 Å². The molecule has 4 heteroatoms. The van der Waals surface area contributed by atoms with Gasteiger partial charge in [0.1, 0.15) is 5.82 Å². The summed E-state index contributed by atoms with van der Waals surface area (Å²) in [6.07, 6.45) is 6.15. The van der Waals surface area contributed by atoms with Crippen molar-refractivity contribution in [2.45, 2.75) is 39.7 Å². The first-order valence-corrected chi connectivity index (χ1v) is 8.61. The van der Waals surface area contributed by atoms with Gasteiger partial charge in [-0.3, -0.25) is 0 Å². The molecule has 2 atom stereocenters. The van der Waals surface area contributed by atoms with E-state index in [0.717, 1.165) is 48.9 Å². The molecule has 1 aromatic heterocycles. The first kappa shape index (κ1) is 15.1. The van der Waals surface area contributed by atoms with Crippen LogP contribution in [0.4, 0.5) is 5.82 Å². The third-order valence-electron chi connectivity index (χ3n) is 4.79. The first-order chi connectivity index (χ1) is 10.1. The lowest BCUT2D eigenvalue weighted by molar-refractivity contribution is 0.494. The number of nitrogens with one attached hydrogen (secondary N) is 1. The van der Waals surface area contributed by atoms with Gasteiger partial charge in [0.15, 0.2) is 0 Å². The van der Waals surface area contributed by atoms with Crippen LogP contribution in [0.15, 0.2) is 12.3 Å². The van der Waals surface area contributed by atoms with Crippen LogP contribution in [0.5, 0.6) is 0 Å². The maximum absolute atomic E-state index is 6.48. The number of hydrogen-bond acceptors (Lipinski definition) is 3. The van der Waals surface area contributed by atoms with E-state index in [9.17, 15) is 0 Å². The minimum atomic E-state index is 0.664. The standard InChI is InChI=1S/C17H26ClN3/c1-12(2)7-19-8-13-6-16(18)17(20-9-13)21-10-14-4-3-5-15(14)11-21/h6,9,12,14-15,19H,3-5,7-8,10-11H2,1-2H3. The lowest BCUT2D eigenvalue weighted by Crippen LogP contribution is -2.23. The van der Waals surface area contributed by atoms with Crippen molar-refractivity contribution in [2.24, 2.45) is 17.8 Å². The number of anilines is 1. The normalized spacial score (nSPS) is 24.9. The summed E-state index contributed by atoms with van der Waals surface area (Å²) in [5.41, 5.74) is 1.17. The van der Waals surface area contributed by atoms with E-state index >= 15 is 0 Å². The molecular weight excluding hydrogens is 282 g/mol. The van der Waals surface area contributed by atoms with Gasteiger partial charge in [-0.15, -0.1) is 0 Å². The fraction of sp³-hybridized carbons (Fsp3) is 0.706. The van der Waals surface area contributed by atoms with Crippen LogP contribution in [-0.4, -0.2) is 24.6 Å². The Balaban J connectivity index is 1.62. The van der Waals surface area contributed by atoms with Gasteiger partial charge < -0.3 is 10.2 Å². The van der Waals surface area contributed by atoms with Crippen molar-refractivity contribution in [3.8, 4) is 0 Å². The van der Waals surface area contributed by atoms with Crippen molar-refractivity contribution >= 4 is 17.4 Å². The predicted octanol–water partition coefficient (Wildman–Crippen LogP) is 3.72. The Labute approximate surface area is 133 Å². The van der Waals surface area contributed by atoms with Crippen molar-refractivity contribution in [2.75, 3.05) is 24.5 Å². The minimum absolute atomic E-state index is 0.664. The average Bonchev–Trinajstić information content (AvgIpc) is 2.99. The Morgan fingerprint density at radius 2 is 2.05 bits per heavy atom. The highest BCUT2D eigenvalue weighted by Crippen LogP contribution is 2.40. The molecule has 0 aromatic carbocycles. The highest BCUT2D eigenvalue weighted by Gasteiger charge is 2.37. The second-order valence-corrected chi connectivity index (χ2v) is 7.44. The molecule has 1 saturated carbocycles. The fourth-order valence-electron chi connectivity index (χ4n) is 3.71. The van der Waals surface area contributed by atoms with Gasteiger partial charge in [-0.25, -0.2) is 4.98 Å². The molecule has 1 aromatic rings. The maximum atomic E-state index is 6.48. The van der Waals surface area contributed by atoms with Crippen LogP contribution in [0.1, 0.15) is 38.7 Å². The molecule has 3 rings (SSSR count). The molecule has 0 amide bonds. The summed E-state index contributed by atoms with van der Waals surface area (Å²) in [5, 5.41) is 4.24. The van der Waals surface area contributed by atoms with Crippen LogP contribution in [0.2, 0.25) is 5.02 Å². The van der Waals surface area contributed by atoms with Crippen LogP contribution in [0.3, 0.4) is 0 Å². The number of pyridine rings is 1. The SMILES string of the molecule is CC(C)CNCc1cnc(N2CC3CCCC3C2)c(Cl)c1. The molecule has 0 radical (unpaired) electrons. The van der Waals surface area contributed by atoms with E-state index in [4.69, 9.17) is 11.6 Å². The highest BCUT2D eigenvalue weighted by atomic mass is 35.5. The number of fused-ring (bicyclic) bond motifs is 1. The van der Waals surface area contributed by atoms with E-state index < -0.39 is 0 Å². The Morgan fingerprint density at radius 1 is 1.33 bits per heavy atom. The van der Waals surface area contributed by atoms with Crippen LogP contribution < -0.4 is 10.2 Å². The summed E-state index contributed by atoms with van der Waals surface area (Å²) in [4.78, 5) is 7.03. The maximum Gasteiger partial charge on any atom is 0.147 e. The highest BCUT2D eigenvalue weighted by molar-refractivity contribution is 6.33. The summed E-state index contributed by atoms with van der Waals surface area (Å²) < 4.78 is 0. The zero-order valence-corrected chi connectivity index (χ0v) is 13.9. The molecule has 1 aliphatic carbocycles. The van der Waals surface area contributed by atoms with E-state index in [1.165, 1.54) is 24.8 Å². The van der Waals surface area contributed by atoms with Crippen molar-refractivity contribution in [3.05, 3.63) is 22.8 Å². The van der Waals surface area contributed by atoms with Gasteiger partial charge in [-0.05, 0) is 48.8 Å². The van der Waals surface area contributed by atoms with Gasteiger partial charge in [0.05, 0.1) is 5.02 Å². The van der Waals surface area contributed by atoms with E-state index in [-0.39, 0.29) is 0 Å². The Bertz CT molecular complexity index is 477. The van der Waals surface area contributed by atoms with Crippen molar-refractivity contribution < 1.29 is 0 Å². The zero-order valence-electron chi connectivity index (χ0n) is 13.1. The van der Waals surface area contributed by atoms with Crippen LogP contribution in [0, 0.1) is 17.8 Å². The molecule has 0 spiro atoms. The summed E-state index contributed by atoms with van der Waals surface area (Å²) in [5.74, 6) is 3.39. The Hall–Kier alpha value is -0.800. The molecule has 116 valence electrons. The van der Waals surface area contributed by atoms with Crippen LogP contribution in [-0.2, 0) is 6.54 Å². The molecular formula is C17H26ClN3. The molecule has 1 aliphatic heterocycles. The van der Waals surface area contributed by atoms with Crippen molar-refractivity contribution in [1.29, 1.82) is 0 Å². The monoisotopic (exact) mass is 307 g/mol. The quantitative estimate of drug-likeness (QED) is 0.898. The molecule has 21 heavy (non-hydrogen) atoms. The van der Waals surface area contributed by atoms with E-state index in [1.54, 1.807) is 0 Å². The van der Waals surface area contributed by atoms with E-state index in [2.05, 4.69) is 35.1 Å². The summed E-state index contributed by atoms with van der Waals surface area (Å²) in [6.45, 7) is 8.58. The van der Waals surface area contributed by atoms with Gasteiger partial charge in [-0.2, -0.15) is 0 Å². The second-order valence-electron chi connectivity index (χ2n) is 7.03. The Morgan fingerprint density at radius 3 is 2.67 bits per heavy atom. The molecule has 2 unspecified atom stereocenters. The van der Waals surface area contributed by atoms with Gasteiger partial charge in [0.25, 0.3) is 0 Å². The van der Waals surface area contributed by atoms with E-state index in [1.807, 2.05) is 6.20 Å². The second kappa shape index (κ2) is 6.53. The number of nitrogens with zero attached hydrogens (tertiary/aromatic N) is 2. The minimum Gasteiger partial charge on any atom is -0.355 e. The zero-order chi connectivity index (χ0) is 14.8. The third kappa shape index (κ3) is 3.51. The van der Waals surface area contributed by atoms with Crippen LogP contribution in [0.25, 0.3) is 0 Å². The largest absolute Gasteiger partial charge is 0.355 e. The summed E-state index contributed by atoms with van der Waals surface area (Å²) in [7, 11) is 0. The molecule has 1 N–H and O–H groups in total. The van der Waals surface area contributed by atoms with Crippen molar-refractivity contribution in [3.63, 3.8) is 0 Å². The fourth-order valence-corrected chi connectivity index (χ4v) is 4.02. The van der Waals surface area contributed by atoms with Gasteiger partial charge >= 0.3 is 0 Å². The van der Waals surface area contributed by atoms with Gasteiger partial charge in [-0.1, -0.05) is 31.9 Å². The number of rotatable bonds is 5. The molecule has 2 aliphatic rings. The van der Waals surface area contributed by atoms with E-state index in [0.29, 0.717) is 5.92 Å². The average molecular weight is 308 g/mol. The molecule has 1 saturated heterocycles. The van der Waals surface area contributed by atoms with Gasteiger partial charge in [0, 0.05) is 25.8 Å². The lowest BCUT2D eigenvalue weighted by atomic mass is 10.0. The molecule has 3 nitrogen and oxygen atoms in total. The van der Waals surface area contributed by atoms with Gasteiger partial charge in [0.2, 0.25) is 0 Å². The predicted molar refractivity (Wildman–Crippen MR) is 88.8 cm³/mol. The molecule has 2 heterocycles.